The van der Waals surface area contributed by atoms with Crippen molar-refractivity contribution in [3.63, 3.8) is 0 Å². The Hall–Kier alpha value is -0.0800. The van der Waals surface area contributed by atoms with Crippen molar-refractivity contribution in [3.05, 3.63) is 0 Å². The summed E-state index contributed by atoms with van der Waals surface area (Å²) < 4.78 is 5.06. The van der Waals surface area contributed by atoms with Gasteiger partial charge in [0.15, 0.2) is 0 Å². The van der Waals surface area contributed by atoms with Crippen LogP contribution in [0, 0.1) is 0 Å². The van der Waals surface area contributed by atoms with Crippen LogP contribution in [0.2, 0.25) is 0 Å². The van der Waals surface area contributed by atoms with Crippen LogP contribution in [0.5, 0.6) is 0 Å². The van der Waals surface area contributed by atoms with Gasteiger partial charge in [-0.15, -0.1) is 0 Å². The van der Waals surface area contributed by atoms with Crippen LogP contribution in [0.4, 0.5) is 0 Å². The van der Waals surface area contributed by atoms with Crippen LogP contribution in [-0.2, 0) is 4.74 Å². The van der Waals surface area contributed by atoms with Gasteiger partial charge >= 0.3 is 0 Å². The monoisotopic (exact) mass is 143 g/mol. The number of nitrogens with two attached hydrogens (primary N) is 1. The topological polar surface area (TPSA) is 35.2 Å². The van der Waals surface area contributed by atoms with Crippen molar-refractivity contribution in [1.82, 2.24) is 0 Å². The lowest BCUT2D eigenvalue weighted by molar-refractivity contribution is 0.108. The van der Waals surface area contributed by atoms with Crippen molar-refractivity contribution in [2.45, 2.75) is 37.6 Å². The number of hydrogen-bond acceptors (Lipinski definition) is 2. The largest absolute Gasteiger partial charge is 0.383 e. The zero-order chi connectivity index (χ0) is 7.45. The van der Waals surface area contributed by atoms with Crippen LogP contribution in [0.25, 0.3) is 0 Å². The summed E-state index contributed by atoms with van der Waals surface area (Å²) in [5.41, 5.74) is 6.05. The van der Waals surface area contributed by atoms with Gasteiger partial charge in [-0.25, -0.2) is 0 Å². The quantitative estimate of drug-likeness (QED) is 0.632. The lowest BCUT2D eigenvalue weighted by Gasteiger charge is -2.32. The number of rotatable bonds is 2. The maximum Gasteiger partial charge on any atom is 0.0642 e. The predicted octanol–water partition coefficient (Wildman–Crippen LogP) is 1.29. The van der Waals surface area contributed by atoms with Crippen LogP contribution in [0.1, 0.15) is 32.1 Å². The number of ether oxygens (including phenoxy) is 1. The third-order valence-electron chi connectivity index (χ3n) is 2.28. The first-order chi connectivity index (χ1) is 4.77. The standard InChI is InChI=1S/C8H17NO/c1-10-7-8(9)5-3-2-4-6-8/h2-7,9H2,1H3. The van der Waals surface area contributed by atoms with E-state index in [0.29, 0.717) is 0 Å². The minimum atomic E-state index is 0.00694. The fourth-order valence-electron chi connectivity index (χ4n) is 1.69. The summed E-state index contributed by atoms with van der Waals surface area (Å²) in [6.07, 6.45) is 6.18. The molecule has 0 radical (unpaired) electrons. The molecule has 0 saturated heterocycles. The summed E-state index contributed by atoms with van der Waals surface area (Å²) in [6, 6.07) is 0. The third kappa shape index (κ3) is 1.96. The molecule has 1 saturated carbocycles. The molecule has 0 unspecified atom stereocenters. The molecule has 1 rings (SSSR count). The Kier molecular flexibility index (Phi) is 2.69. The van der Waals surface area contributed by atoms with E-state index in [-0.39, 0.29) is 5.54 Å². The fraction of sp³-hybridized carbons (Fsp3) is 1.00. The molecule has 0 atom stereocenters. The van der Waals surface area contributed by atoms with Crippen LogP contribution in [0.15, 0.2) is 0 Å². The van der Waals surface area contributed by atoms with Crippen LogP contribution in [-0.4, -0.2) is 19.3 Å². The molecule has 2 heteroatoms. The molecule has 1 aliphatic rings. The second-order valence-electron chi connectivity index (χ2n) is 3.36. The molecule has 0 aliphatic heterocycles. The molecular weight excluding hydrogens is 126 g/mol. The molecule has 10 heavy (non-hydrogen) atoms. The first-order valence-electron chi connectivity index (χ1n) is 4.05. The summed E-state index contributed by atoms with van der Waals surface area (Å²) in [5.74, 6) is 0. The Balaban J connectivity index is 2.32. The van der Waals surface area contributed by atoms with Gasteiger partial charge in [0.2, 0.25) is 0 Å². The molecule has 0 bridgehead atoms. The lowest BCUT2D eigenvalue weighted by Crippen LogP contribution is -2.45. The van der Waals surface area contributed by atoms with E-state index >= 15 is 0 Å². The molecule has 0 aromatic carbocycles. The van der Waals surface area contributed by atoms with Gasteiger partial charge in [0, 0.05) is 12.6 Å². The molecule has 1 fully saturated rings. The van der Waals surface area contributed by atoms with E-state index in [0.717, 1.165) is 19.4 Å². The molecule has 0 heterocycles. The minimum absolute atomic E-state index is 0.00694. The van der Waals surface area contributed by atoms with E-state index in [1.54, 1.807) is 7.11 Å². The molecular formula is C8H17NO. The van der Waals surface area contributed by atoms with Crippen LogP contribution >= 0.6 is 0 Å². The Morgan fingerprint density at radius 3 is 2.40 bits per heavy atom. The average Bonchev–Trinajstić information content (AvgIpc) is 1.89. The van der Waals surface area contributed by atoms with Crippen LogP contribution in [0.3, 0.4) is 0 Å². The molecule has 2 nitrogen and oxygen atoms in total. The van der Waals surface area contributed by atoms with E-state index in [2.05, 4.69) is 0 Å². The van der Waals surface area contributed by atoms with Crippen molar-refractivity contribution in [3.8, 4) is 0 Å². The second kappa shape index (κ2) is 3.35. The van der Waals surface area contributed by atoms with Crippen molar-refractivity contribution in [2.24, 2.45) is 5.73 Å². The van der Waals surface area contributed by atoms with Crippen molar-refractivity contribution in [2.75, 3.05) is 13.7 Å². The highest BCUT2D eigenvalue weighted by Crippen LogP contribution is 2.25. The molecule has 0 amide bonds. The van der Waals surface area contributed by atoms with E-state index < -0.39 is 0 Å². The van der Waals surface area contributed by atoms with E-state index in [1.165, 1.54) is 19.3 Å². The zero-order valence-electron chi connectivity index (χ0n) is 6.73. The Morgan fingerprint density at radius 1 is 1.30 bits per heavy atom. The van der Waals surface area contributed by atoms with Gasteiger partial charge in [-0.2, -0.15) is 0 Å². The molecule has 0 aromatic heterocycles. The van der Waals surface area contributed by atoms with E-state index in [4.69, 9.17) is 10.5 Å². The van der Waals surface area contributed by atoms with Gasteiger partial charge in [-0.1, -0.05) is 19.3 Å². The SMILES string of the molecule is COCC1(N)CCCCC1. The molecule has 0 aromatic rings. The summed E-state index contributed by atoms with van der Waals surface area (Å²) in [6.45, 7) is 0.729. The highest BCUT2D eigenvalue weighted by Gasteiger charge is 2.26. The Labute approximate surface area is 62.7 Å². The maximum absolute atomic E-state index is 6.04. The summed E-state index contributed by atoms with van der Waals surface area (Å²) in [5, 5.41) is 0. The lowest BCUT2D eigenvalue weighted by atomic mass is 9.83. The number of hydrogen-bond donors (Lipinski definition) is 1. The first-order valence-corrected chi connectivity index (χ1v) is 4.05. The smallest absolute Gasteiger partial charge is 0.0642 e. The van der Waals surface area contributed by atoms with E-state index in [1.807, 2.05) is 0 Å². The zero-order valence-corrected chi connectivity index (χ0v) is 6.73. The Morgan fingerprint density at radius 2 is 1.90 bits per heavy atom. The van der Waals surface area contributed by atoms with Gasteiger partial charge < -0.3 is 10.5 Å². The summed E-state index contributed by atoms with van der Waals surface area (Å²) >= 11 is 0. The van der Waals surface area contributed by atoms with Crippen molar-refractivity contribution < 1.29 is 4.74 Å². The Bertz CT molecular complexity index is 91.9. The number of methoxy groups -OCH3 is 1. The first kappa shape index (κ1) is 8.02. The molecule has 0 spiro atoms. The second-order valence-corrected chi connectivity index (χ2v) is 3.36. The molecule has 60 valence electrons. The highest BCUT2D eigenvalue weighted by molar-refractivity contribution is 4.86. The highest BCUT2D eigenvalue weighted by atomic mass is 16.5. The minimum Gasteiger partial charge on any atom is -0.383 e. The van der Waals surface area contributed by atoms with Crippen LogP contribution < -0.4 is 5.73 Å². The summed E-state index contributed by atoms with van der Waals surface area (Å²) in [7, 11) is 1.73. The van der Waals surface area contributed by atoms with E-state index in [9.17, 15) is 0 Å². The summed E-state index contributed by atoms with van der Waals surface area (Å²) in [4.78, 5) is 0. The third-order valence-corrected chi connectivity index (χ3v) is 2.28. The molecule has 2 N–H and O–H groups in total. The van der Waals surface area contributed by atoms with Crippen molar-refractivity contribution >= 4 is 0 Å². The van der Waals surface area contributed by atoms with Gasteiger partial charge in [-0.05, 0) is 12.8 Å². The van der Waals surface area contributed by atoms with Gasteiger partial charge in [0.05, 0.1) is 6.61 Å². The van der Waals surface area contributed by atoms with Gasteiger partial charge in [0.1, 0.15) is 0 Å². The average molecular weight is 143 g/mol. The van der Waals surface area contributed by atoms with Gasteiger partial charge in [0.25, 0.3) is 0 Å². The maximum atomic E-state index is 6.04. The van der Waals surface area contributed by atoms with Gasteiger partial charge in [-0.3, -0.25) is 0 Å². The fourth-order valence-corrected chi connectivity index (χ4v) is 1.69. The van der Waals surface area contributed by atoms with Crippen molar-refractivity contribution in [1.29, 1.82) is 0 Å². The molecule has 1 aliphatic carbocycles. The predicted molar refractivity (Wildman–Crippen MR) is 41.9 cm³/mol. The normalized spacial score (nSPS) is 24.6.